The average Bonchev–Trinajstić information content (AvgIpc) is 2.66. The lowest BCUT2D eigenvalue weighted by Gasteiger charge is -2.10. The van der Waals surface area contributed by atoms with Crippen LogP contribution in [0, 0.1) is 17.0 Å². The van der Waals surface area contributed by atoms with E-state index in [0.29, 0.717) is 10.6 Å². The minimum atomic E-state index is -0.626. The van der Waals surface area contributed by atoms with Gasteiger partial charge in [-0.25, -0.2) is 0 Å². The molecule has 0 spiro atoms. The quantitative estimate of drug-likeness (QED) is 0.519. The van der Waals surface area contributed by atoms with Gasteiger partial charge in [0.15, 0.2) is 0 Å². The number of non-ortho nitro benzene ring substituents is 1. The summed E-state index contributed by atoms with van der Waals surface area (Å²) in [7, 11) is 0. The number of nitrogens with zero attached hydrogens (tertiary/aromatic N) is 2. The molecule has 28 heavy (non-hydrogen) atoms. The molecule has 0 atom stereocenters. The van der Waals surface area contributed by atoms with E-state index in [1.165, 1.54) is 28.8 Å². The van der Waals surface area contributed by atoms with Crippen molar-refractivity contribution in [2.45, 2.75) is 13.5 Å². The smallest absolute Gasteiger partial charge is 0.271 e. The van der Waals surface area contributed by atoms with Crippen LogP contribution in [0.4, 0.5) is 11.4 Å². The molecule has 1 heterocycles. The van der Waals surface area contributed by atoms with Gasteiger partial charge in [0, 0.05) is 23.4 Å². The number of carbonyl (C=O) groups excluding carboxylic acids is 1. The van der Waals surface area contributed by atoms with Gasteiger partial charge in [0.2, 0.25) is 0 Å². The number of nitro benzene ring substituents is 1. The zero-order valence-electron chi connectivity index (χ0n) is 14.9. The van der Waals surface area contributed by atoms with Crippen molar-refractivity contribution in [3.05, 3.63) is 103 Å². The fourth-order valence-corrected chi connectivity index (χ4v) is 2.79. The van der Waals surface area contributed by atoms with E-state index in [4.69, 9.17) is 11.6 Å². The third-order valence-corrected chi connectivity index (χ3v) is 4.46. The molecular formula is C20H16ClN3O4. The van der Waals surface area contributed by atoms with Crippen LogP contribution in [0.5, 0.6) is 0 Å². The van der Waals surface area contributed by atoms with Crippen LogP contribution in [0.1, 0.15) is 21.5 Å². The standard InChI is InChI=1S/C20H16ClN3O4/c1-13-4-9-16(24(27)28)11-18(13)22-19(25)17-3-2-10-23(20(17)26)12-14-5-7-15(21)8-6-14/h2-11H,12H2,1H3,(H,22,25). The summed E-state index contributed by atoms with van der Waals surface area (Å²) in [6, 6.07) is 14.2. The molecule has 0 unspecified atom stereocenters. The first-order valence-corrected chi connectivity index (χ1v) is 8.73. The van der Waals surface area contributed by atoms with Crippen molar-refractivity contribution < 1.29 is 9.72 Å². The zero-order valence-corrected chi connectivity index (χ0v) is 15.6. The van der Waals surface area contributed by atoms with Gasteiger partial charge in [0.05, 0.1) is 17.2 Å². The van der Waals surface area contributed by atoms with Gasteiger partial charge in [-0.05, 0) is 42.3 Å². The minimum absolute atomic E-state index is 0.0534. The van der Waals surface area contributed by atoms with Gasteiger partial charge in [0.1, 0.15) is 5.56 Å². The number of carbonyl (C=O) groups is 1. The van der Waals surface area contributed by atoms with Gasteiger partial charge in [-0.15, -0.1) is 0 Å². The van der Waals surface area contributed by atoms with Gasteiger partial charge in [-0.1, -0.05) is 29.8 Å². The van der Waals surface area contributed by atoms with Crippen LogP contribution in [-0.2, 0) is 6.54 Å². The van der Waals surface area contributed by atoms with Gasteiger partial charge in [-0.3, -0.25) is 19.7 Å². The molecule has 3 aromatic rings. The van der Waals surface area contributed by atoms with Crippen molar-refractivity contribution in [3.8, 4) is 0 Å². The second-order valence-electron chi connectivity index (χ2n) is 6.19. The summed E-state index contributed by atoms with van der Waals surface area (Å²) >= 11 is 5.87. The first-order chi connectivity index (χ1) is 13.3. The number of nitro groups is 1. The number of nitrogens with one attached hydrogen (secondary N) is 1. The van der Waals surface area contributed by atoms with Gasteiger partial charge < -0.3 is 9.88 Å². The molecular weight excluding hydrogens is 382 g/mol. The average molecular weight is 398 g/mol. The molecule has 2 aromatic carbocycles. The lowest BCUT2D eigenvalue weighted by Crippen LogP contribution is -2.29. The fourth-order valence-electron chi connectivity index (χ4n) is 2.67. The Morgan fingerprint density at radius 2 is 1.89 bits per heavy atom. The number of aromatic nitrogens is 1. The molecule has 0 aliphatic heterocycles. The second kappa shape index (κ2) is 8.06. The summed E-state index contributed by atoms with van der Waals surface area (Å²) in [5, 5.41) is 14.1. The third kappa shape index (κ3) is 4.27. The van der Waals surface area contributed by atoms with Gasteiger partial charge >= 0.3 is 0 Å². The highest BCUT2D eigenvalue weighted by Gasteiger charge is 2.16. The third-order valence-electron chi connectivity index (χ3n) is 4.21. The Morgan fingerprint density at radius 3 is 2.57 bits per heavy atom. The Bertz CT molecular complexity index is 1110. The van der Waals surface area contributed by atoms with Crippen LogP contribution in [0.25, 0.3) is 0 Å². The highest BCUT2D eigenvalue weighted by Crippen LogP contribution is 2.22. The summed E-state index contributed by atoms with van der Waals surface area (Å²) in [6.07, 6.45) is 1.59. The van der Waals surface area contributed by atoms with E-state index in [1.54, 1.807) is 43.5 Å². The maximum Gasteiger partial charge on any atom is 0.271 e. The zero-order chi connectivity index (χ0) is 20.3. The Labute approximate surface area is 165 Å². The van der Waals surface area contributed by atoms with Crippen LogP contribution < -0.4 is 10.9 Å². The summed E-state index contributed by atoms with van der Waals surface area (Å²) in [4.78, 5) is 35.7. The molecule has 1 amide bonds. The first-order valence-electron chi connectivity index (χ1n) is 8.35. The summed E-state index contributed by atoms with van der Waals surface area (Å²) in [5.41, 5.74) is 1.14. The number of hydrogen-bond donors (Lipinski definition) is 1. The molecule has 1 aromatic heterocycles. The maximum atomic E-state index is 12.7. The monoisotopic (exact) mass is 397 g/mol. The molecule has 0 saturated carbocycles. The van der Waals surface area contributed by atoms with E-state index in [0.717, 1.165) is 5.56 Å². The van der Waals surface area contributed by atoms with Crippen LogP contribution >= 0.6 is 11.6 Å². The lowest BCUT2D eigenvalue weighted by atomic mass is 10.1. The second-order valence-corrected chi connectivity index (χ2v) is 6.63. The first kappa shape index (κ1) is 19.3. The number of hydrogen-bond acceptors (Lipinski definition) is 4. The Kier molecular flexibility index (Phi) is 5.56. The molecule has 0 radical (unpaired) electrons. The van der Waals surface area contributed by atoms with Crippen LogP contribution in [0.2, 0.25) is 5.02 Å². The number of amides is 1. The van der Waals surface area contributed by atoms with E-state index in [2.05, 4.69) is 5.32 Å². The van der Waals surface area contributed by atoms with Gasteiger partial charge in [-0.2, -0.15) is 0 Å². The maximum absolute atomic E-state index is 12.7. The number of benzene rings is 2. The van der Waals surface area contributed by atoms with Crippen molar-refractivity contribution in [3.63, 3.8) is 0 Å². The van der Waals surface area contributed by atoms with Crippen molar-refractivity contribution >= 4 is 28.9 Å². The predicted molar refractivity (Wildman–Crippen MR) is 107 cm³/mol. The minimum Gasteiger partial charge on any atom is -0.321 e. The number of anilines is 1. The highest BCUT2D eigenvalue weighted by atomic mass is 35.5. The van der Waals surface area contributed by atoms with Crippen molar-refractivity contribution in [2.75, 3.05) is 5.32 Å². The molecule has 8 heteroatoms. The van der Waals surface area contributed by atoms with Gasteiger partial charge in [0.25, 0.3) is 17.2 Å². The fraction of sp³-hybridized carbons (Fsp3) is 0.100. The number of rotatable bonds is 5. The molecule has 0 bridgehead atoms. The molecule has 0 fully saturated rings. The van der Waals surface area contributed by atoms with Crippen molar-refractivity contribution in [1.82, 2.24) is 4.57 Å². The van der Waals surface area contributed by atoms with Crippen LogP contribution in [0.15, 0.2) is 65.6 Å². The van der Waals surface area contributed by atoms with E-state index >= 15 is 0 Å². The van der Waals surface area contributed by atoms with E-state index in [9.17, 15) is 19.7 Å². The highest BCUT2D eigenvalue weighted by molar-refractivity contribution is 6.30. The Hall–Kier alpha value is -3.45. The number of pyridine rings is 1. The molecule has 0 aliphatic carbocycles. The summed E-state index contributed by atoms with van der Waals surface area (Å²) in [5.74, 6) is -0.626. The van der Waals surface area contributed by atoms with Crippen molar-refractivity contribution in [1.29, 1.82) is 0 Å². The molecule has 7 nitrogen and oxygen atoms in total. The normalized spacial score (nSPS) is 10.5. The molecule has 142 valence electrons. The van der Waals surface area contributed by atoms with E-state index in [1.807, 2.05) is 0 Å². The van der Waals surface area contributed by atoms with Crippen LogP contribution in [-0.4, -0.2) is 15.4 Å². The summed E-state index contributed by atoms with van der Waals surface area (Å²) < 4.78 is 1.42. The Morgan fingerprint density at radius 1 is 1.18 bits per heavy atom. The SMILES string of the molecule is Cc1ccc([N+](=O)[O-])cc1NC(=O)c1cccn(Cc2ccc(Cl)cc2)c1=O. The van der Waals surface area contributed by atoms with Crippen molar-refractivity contribution in [2.24, 2.45) is 0 Å². The molecule has 0 saturated heterocycles. The topological polar surface area (TPSA) is 94.2 Å². The van der Waals surface area contributed by atoms with Crippen LogP contribution in [0.3, 0.4) is 0 Å². The molecule has 3 rings (SSSR count). The summed E-state index contributed by atoms with van der Waals surface area (Å²) in [6.45, 7) is 2.00. The number of halogens is 1. The van der Waals surface area contributed by atoms with E-state index < -0.39 is 16.4 Å². The molecule has 0 aliphatic rings. The largest absolute Gasteiger partial charge is 0.321 e. The molecule has 1 N–H and O–H groups in total. The number of aryl methyl sites for hydroxylation is 1. The lowest BCUT2D eigenvalue weighted by molar-refractivity contribution is -0.384. The Balaban J connectivity index is 1.87. The predicted octanol–water partition coefficient (Wildman–Crippen LogP) is 4.02. The van der Waals surface area contributed by atoms with E-state index in [-0.39, 0.29) is 23.5 Å².